The third kappa shape index (κ3) is 13.2. The number of rotatable bonds is 14. The Kier molecular flexibility index (Phi) is 16.1. The van der Waals surface area contributed by atoms with Gasteiger partial charge in [-0.05, 0) is 58.4 Å². The van der Waals surface area contributed by atoms with Gasteiger partial charge in [-0.1, -0.05) is 125 Å². The van der Waals surface area contributed by atoms with E-state index in [2.05, 4.69) is 80.8 Å². The molecule has 0 radical (unpaired) electrons. The lowest BCUT2D eigenvalue weighted by molar-refractivity contribution is -0.141. The number of alkyl halides is 6. The van der Waals surface area contributed by atoms with Gasteiger partial charge in [-0.2, -0.15) is 46.7 Å². The number of aryl methyl sites for hydroxylation is 2. The molecule has 0 bridgehead atoms. The number of carbonyl (C=O) groups excluding carboxylic acids is 2. The van der Waals surface area contributed by atoms with E-state index in [1.54, 1.807) is 48.5 Å². The first-order valence-electron chi connectivity index (χ1n) is 23.0. The molecule has 0 aliphatic rings. The predicted molar refractivity (Wildman–Crippen MR) is 262 cm³/mol. The van der Waals surface area contributed by atoms with E-state index in [0.29, 0.717) is 34.4 Å². The van der Waals surface area contributed by atoms with Crippen LogP contribution in [0.2, 0.25) is 0 Å². The molecule has 2 amide bonds. The molecular formula is C54H52F6N10O2. The van der Waals surface area contributed by atoms with Gasteiger partial charge in [-0.3, -0.25) is 9.59 Å². The molecule has 0 saturated heterocycles. The standard InChI is InChI=1S/2C27H26F3N5O/c2*1-17(2)21-6-4-5-7-22(21)23-13-12-20(33-34-23)15-31-25(36)14-18-8-10-19(11-9-18)26-32-24(16-35(26)3)27(28,29)30/h2*4-13,16-17H,14-15H2,1-3H3,(H,31,36). The molecule has 4 heterocycles. The van der Waals surface area contributed by atoms with Crippen LogP contribution in [0.3, 0.4) is 0 Å². The first kappa shape index (κ1) is 51.8. The van der Waals surface area contributed by atoms with Gasteiger partial charge in [0.15, 0.2) is 11.4 Å². The Bertz CT molecular complexity index is 2900. The fraction of sp³-hybridized carbons (Fsp3) is 0.259. The number of imidazole rings is 2. The van der Waals surface area contributed by atoms with E-state index in [-0.39, 0.29) is 49.4 Å². The zero-order valence-corrected chi connectivity index (χ0v) is 40.3. The van der Waals surface area contributed by atoms with Gasteiger partial charge in [-0.15, -0.1) is 0 Å². The summed E-state index contributed by atoms with van der Waals surface area (Å²) >= 11 is 0. The maximum atomic E-state index is 12.9. The highest BCUT2D eigenvalue weighted by Crippen LogP contribution is 2.33. The fourth-order valence-electron chi connectivity index (χ4n) is 7.82. The SMILES string of the molecule is CC(C)c1ccccc1-c1ccc(CNC(=O)Cc2ccc(-c3nc(C(F)(F)F)cn3C)cc2)nn1.CC(C)c1ccccc1-c1ccc(CNC(=O)Cc2ccc(-c3nc(C(F)(F)F)cn3C)cc2)nn1. The minimum absolute atomic E-state index is 0.127. The van der Waals surface area contributed by atoms with Gasteiger partial charge in [0.25, 0.3) is 0 Å². The van der Waals surface area contributed by atoms with Crippen molar-refractivity contribution in [2.24, 2.45) is 14.1 Å². The van der Waals surface area contributed by atoms with E-state index in [0.717, 1.165) is 46.0 Å². The second-order valence-corrected chi connectivity index (χ2v) is 17.7. The van der Waals surface area contributed by atoms with E-state index in [9.17, 15) is 35.9 Å². The van der Waals surface area contributed by atoms with Crippen LogP contribution in [0.4, 0.5) is 26.3 Å². The van der Waals surface area contributed by atoms with Gasteiger partial charge in [0.2, 0.25) is 11.8 Å². The number of hydrogen-bond donors (Lipinski definition) is 2. The van der Waals surface area contributed by atoms with Gasteiger partial charge in [0, 0.05) is 48.7 Å². The third-order valence-electron chi connectivity index (χ3n) is 11.6. The summed E-state index contributed by atoms with van der Waals surface area (Å²) in [6, 6.07) is 37.1. The zero-order valence-electron chi connectivity index (χ0n) is 40.3. The molecule has 12 nitrogen and oxygen atoms in total. The van der Waals surface area contributed by atoms with Crippen molar-refractivity contribution < 1.29 is 35.9 Å². The molecule has 0 unspecified atom stereocenters. The second kappa shape index (κ2) is 22.4. The Balaban J connectivity index is 0.000000211. The highest BCUT2D eigenvalue weighted by atomic mass is 19.4. The Morgan fingerprint density at radius 1 is 0.500 bits per heavy atom. The lowest BCUT2D eigenvalue weighted by Crippen LogP contribution is -2.25. The minimum Gasteiger partial charge on any atom is -0.350 e. The highest BCUT2D eigenvalue weighted by Gasteiger charge is 2.35. The molecule has 0 atom stereocenters. The van der Waals surface area contributed by atoms with Crippen molar-refractivity contribution >= 4 is 11.8 Å². The highest BCUT2D eigenvalue weighted by molar-refractivity contribution is 5.79. The number of hydrogen-bond acceptors (Lipinski definition) is 8. The summed E-state index contributed by atoms with van der Waals surface area (Å²) in [5.41, 5.74) is 7.96. The molecule has 4 aromatic carbocycles. The Morgan fingerprint density at radius 3 is 1.17 bits per heavy atom. The van der Waals surface area contributed by atoms with Gasteiger partial charge >= 0.3 is 12.4 Å². The average molecular weight is 987 g/mol. The average Bonchev–Trinajstić information content (AvgIpc) is 3.97. The number of nitrogens with zero attached hydrogens (tertiary/aromatic N) is 8. The van der Waals surface area contributed by atoms with Gasteiger partial charge in [-0.25, -0.2) is 9.97 Å². The van der Waals surface area contributed by atoms with Crippen molar-refractivity contribution in [1.82, 2.24) is 50.1 Å². The normalized spacial score (nSPS) is 11.6. The van der Waals surface area contributed by atoms with Crippen LogP contribution >= 0.6 is 0 Å². The summed E-state index contributed by atoms with van der Waals surface area (Å²) in [5, 5.41) is 22.8. The molecule has 8 rings (SSSR count). The largest absolute Gasteiger partial charge is 0.434 e. The van der Waals surface area contributed by atoms with E-state index in [1.165, 1.54) is 34.4 Å². The molecule has 372 valence electrons. The Labute approximate surface area is 412 Å². The molecule has 4 aromatic heterocycles. The van der Waals surface area contributed by atoms with Crippen LogP contribution in [-0.4, -0.2) is 51.3 Å². The van der Waals surface area contributed by atoms with Crippen LogP contribution in [0.15, 0.2) is 134 Å². The second-order valence-electron chi connectivity index (χ2n) is 17.7. The van der Waals surface area contributed by atoms with Crippen molar-refractivity contribution in [3.05, 3.63) is 179 Å². The number of nitrogens with one attached hydrogen (secondary N) is 2. The van der Waals surface area contributed by atoms with Gasteiger partial charge in [0.05, 0.1) is 48.7 Å². The van der Waals surface area contributed by atoms with Crippen LogP contribution in [-0.2, 0) is 62.0 Å². The summed E-state index contributed by atoms with van der Waals surface area (Å²) < 4.78 is 80.1. The van der Waals surface area contributed by atoms with Crippen LogP contribution in [0.5, 0.6) is 0 Å². The summed E-state index contributed by atoms with van der Waals surface area (Å²) in [6.45, 7) is 9.00. The molecule has 0 aliphatic carbocycles. The van der Waals surface area contributed by atoms with E-state index >= 15 is 0 Å². The van der Waals surface area contributed by atoms with Crippen LogP contribution in [0, 0.1) is 0 Å². The van der Waals surface area contributed by atoms with Crippen molar-refractivity contribution in [3.8, 4) is 45.3 Å². The van der Waals surface area contributed by atoms with Crippen LogP contribution in [0.25, 0.3) is 45.3 Å². The van der Waals surface area contributed by atoms with Crippen LogP contribution < -0.4 is 10.6 Å². The molecule has 8 aromatic rings. The third-order valence-corrected chi connectivity index (χ3v) is 11.6. The Morgan fingerprint density at radius 2 is 0.861 bits per heavy atom. The molecule has 72 heavy (non-hydrogen) atoms. The molecule has 2 N–H and O–H groups in total. The smallest absolute Gasteiger partial charge is 0.350 e. The molecule has 0 saturated carbocycles. The van der Waals surface area contributed by atoms with Crippen molar-refractivity contribution in [2.45, 2.75) is 77.8 Å². The van der Waals surface area contributed by atoms with E-state index in [4.69, 9.17) is 0 Å². The number of aromatic nitrogens is 8. The number of benzene rings is 4. The first-order chi connectivity index (χ1) is 34.2. The molecule has 0 aliphatic heterocycles. The first-order valence-corrected chi connectivity index (χ1v) is 23.0. The summed E-state index contributed by atoms with van der Waals surface area (Å²) in [6.07, 6.45) is -6.84. The number of carbonyl (C=O) groups is 2. The maximum Gasteiger partial charge on any atom is 0.434 e. The zero-order chi connectivity index (χ0) is 51.7. The van der Waals surface area contributed by atoms with Crippen molar-refractivity contribution in [2.75, 3.05) is 0 Å². The lowest BCUT2D eigenvalue weighted by Gasteiger charge is -2.12. The monoisotopic (exact) mass is 986 g/mol. The summed E-state index contributed by atoms with van der Waals surface area (Å²) in [5.74, 6) is 0.729. The maximum absolute atomic E-state index is 12.9. The quantitative estimate of drug-likeness (QED) is 0.102. The topological polar surface area (TPSA) is 145 Å². The molecule has 0 fully saturated rings. The predicted octanol–water partition coefficient (Wildman–Crippen LogP) is 11.1. The fourth-order valence-corrected chi connectivity index (χ4v) is 7.82. The summed E-state index contributed by atoms with van der Waals surface area (Å²) in [7, 11) is 3.02. The molecule has 0 spiro atoms. The summed E-state index contributed by atoms with van der Waals surface area (Å²) in [4.78, 5) is 32.2. The van der Waals surface area contributed by atoms with Crippen molar-refractivity contribution in [1.29, 1.82) is 0 Å². The van der Waals surface area contributed by atoms with Gasteiger partial charge < -0.3 is 19.8 Å². The van der Waals surface area contributed by atoms with E-state index < -0.39 is 23.7 Å². The number of amides is 2. The van der Waals surface area contributed by atoms with Crippen LogP contribution in [0.1, 0.15) is 84.6 Å². The minimum atomic E-state index is -4.50. The van der Waals surface area contributed by atoms with Gasteiger partial charge in [0.1, 0.15) is 11.6 Å². The lowest BCUT2D eigenvalue weighted by atomic mass is 9.95. The molecular weight excluding hydrogens is 935 g/mol. The number of halogens is 6. The van der Waals surface area contributed by atoms with Crippen molar-refractivity contribution in [3.63, 3.8) is 0 Å². The molecule has 18 heteroatoms. The Hall–Kier alpha value is -8.02. The van der Waals surface area contributed by atoms with E-state index in [1.807, 2.05) is 60.7 Å².